The van der Waals surface area contributed by atoms with Crippen molar-refractivity contribution in [3.8, 4) is 0 Å². The predicted molar refractivity (Wildman–Crippen MR) is 106 cm³/mol. The van der Waals surface area contributed by atoms with Gasteiger partial charge in [-0.05, 0) is 43.2 Å². The zero-order valence-electron chi connectivity index (χ0n) is 14.3. The van der Waals surface area contributed by atoms with Crippen LogP contribution < -0.4 is 9.21 Å². The lowest BCUT2D eigenvalue weighted by Crippen LogP contribution is -2.45. The summed E-state index contributed by atoms with van der Waals surface area (Å²) in [5.41, 5.74) is 2.16. The van der Waals surface area contributed by atoms with E-state index in [-0.39, 0.29) is 24.2 Å². The maximum atomic E-state index is 13.0. The van der Waals surface area contributed by atoms with E-state index in [1.165, 1.54) is 18.2 Å². The highest BCUT2D eigenvalue weighted by Gasteiger charge is 2.33. The summed E-state index contributed by atoms with van der Waals surface area (Å²) in [7, 11) is -3.70. The number of benzene rings is 2. The molecule has 2 aromatic rings. The summed E-state index contributed by atoms with van der Waals surface area (Å²) in [4.78, 5) is 14.6. The molecule has 3 rings (SSSR count). The van der Waals surface area contributed by atoms with Crippen molar-refractivity contribution in [2.24, 2.45) is 0 Å². The molecule has 2 aromatic carbocycles. The molecule has 26 heavy (non-hydrogen) atoms. The number of amides is 1. The maximum absolute atomic E-state index is 13.0. The van der Waals surface area contributed by atoms with E-state index >= 15 is 0 Å². The van der Waals surface area contributed by atoms with Crippen LogP contribution in [0.15, 0.2) is 42.5 Å². The van der Waals surface area contributed by atoms with Gasteiger partial charge in [0.05, 0.1) is 11.9 Å². The van der Waals surface area contributed by atoms with E-state index < -0.39 is 10.0 Å². The number of carbonyl (C=O) groups excluding carboxylic acids is 1. The Balaban J connectivity index is 1.94. The molecule has 8 heteroatoms. The predicted octanol–water partition coefficient (Wildman–Crippen LogP) is 3.74. The molecule has 0 aliphatic carbocycles. The van der Waals surface area contributed by atoms with Crippen LogP contribution in [0.1, 0.15) is 12.5 Å². The van der Waals surface area contributed by atoms with Gasteiger partial charge in [0.25, 0.3) is 0 Å². The molecule has 1 atom stereocenters. The van der Waals surface area contributed by atoms with Crippen LogP contribution in [-0.2, 0) is 21.2 Å². The Morgan fingerprint density at radius 1 is 1.19 bits per heavy atom. The first-order valence-corrected chi connectivity index (χ1v) is 10.6. The minimum Gasteiger partial charge on any atom is -0.307 e. The van der Waals surface area contributed by atoms with Gasteiger partial charge in [-0.15, -0.1) is 0 Å². The fourth-order valence-electron chi connectivity index (χ4n) is 3.23. The Bertz CT molecular complexity index is 942. The quantitative estimate of drug-likeness (QED) is 0.768. The van der Waals surface area contributed by atoms with Crippen LogP contribution in [0, 0.1) is 0 Å². The number of sulfonamides is 1. The van der Waals surface area contributed by atoms with Crippen molar-refractivity contribution in [3.63, 3.8) is 0 Å². The number of halogens is 2. The van der Waals surface area contributed by atoms with Crippen LogP contribution in [0.25, 0.3) is 0 Å². The van der Waals surface area contributed by atoms with Crippen LogP contribution in [0.3, 0.4) is 0 Å². The Kier molecular flexibility index (Phi) is 5.19. The Morgan fingerprint density at radius 3 is 2.42 bits per heavy atom. The van der Waals surface area contributed by atoms with Gasteiger partial charge in [0, 0.05) is 21.8 Å². The molecule has 0 bridgehead atoms. The molecule has 0 aromatic heterocycles. The van der Waals surface area contributed by atoms with Crippen molar-refractivity contribution in [1.82, 2.24) is 0 Å². The molecule has 1 heterocycles. The molecular weight excluding hydrogens is 395 g/mol. The molecule has 5 nitrogen and oxygen atoms in total. The van der Waals surface area contributed by atoms with E-state index in [1.54, 1.807) is 4.90 Å². The minimum atomic E-state index is -3.70. The minimum absolute atomic E-state index is 0.0377. The second-order valence-corrected chi connectivity index (χ2v) is 9.12. The first-order chi connectivity index (χ1) is 12.2. The van der Waals surface area contributed by atoms with Crippen LogP contribution in [0.5, 0.6) is 0 Å². The number of anilines is 2. The molecule has 0 fully saturated rings. The van der Waals surface area contributed by atoms with Crippen molar-refractivity contribution >= 4 is 50.5 Å². The van der Waals surface area contributed by atoms with Gasteiger partial charge in [0.1, 0.15) is 6.54 Å². The third kappa shape index (κ3) is 3.82. The first kappa shape index (κ1) is 19.0. The molecule has 0 radical (unpaired) electrons. The lowest BCUT2D eigenvalue weighted by atomic mass is 10.1. The van der Waals surface area contributed by atoms with Crippen molar-refractivity contribution in [3.05, 3.63) is 58.1 Å². The third-order valence-corrected chi connectivity index (χ3v) is 5.87. The molecule has 0 saturated carbocycles. The molecule has 0 unspecified atom stereocenters. The molecule has 0 saturated heterocycles. The van der Waals surface area contributed by atoms with Gasteiger partial charge >= 0.3 is 0 Å². The highest BCUT2D eigenvalue weighted by Crippen LogP contribution is 2.33. The first-order valence-electron chi connectivity index (χ1n) is 8.00. The highest BCUT2D eigenvalue weighted by molar-refractivity contribution is 7.92. The maximum Gasteiger partial charge on any atom is 0.248 e. The number of hydrogen-bond acceptors (Lipinski definition) is 3. The molecule has 0 N–H and O–H groups in total. The normalized spacial score (nSPS) is 16.5. The zero-order valence-corrected chi connectivity index (χ0v) is 16.6. The van der Waals surface area contributed by atoms with Gasteiger partial charge in [-0.25, -0.2) is 8.42 Å². The summed E-state index contributed by atoms with van der Waals surface area (Å²) in [5.74, 6) is -0.302. The Labute approximate surface area is 163 Å². The fourth-order valence-corrected chi connectivity index (χ4v) is 4.58. The summed E-state index contributed by atoms with van der Waals surface area (Å²) in [6, 6.07) is 12.1. The molecule has 1 amide bonds. The van der Waals surface area contributed by atoms with Gasteiger partial charge in [-0.1, -0.05) is 41.4 Å². The summed E-state index contributed by atoms with van der Waals surface area (Å²) in [6.07, 6.45) is 1.79. The SMILES string of the molecule is C[C@H]1Cc2ccccc2N1C(=O)CN(c1cc(Cl)cc(Cl)c1)S(C)(=O)=O. The number of carbonyl (C=O) groups is 1. The Morgan fingerprint density at radius 2 is 1.81 bits per heavy atom. The summed E-state index contributed by atoms with van der Waals surface area (Å²) >= 11 is 12.0. The van der Waals surface area contributed by atoms with Crippen molar-refractivity contribution in [1.29, 1.82) is 0 Å². The van der Waals surface area contributed by atoms with Crippen LogP contribution in [0.2, 0.25) is 10.0 Å². The highest BCUT2D eigenvalue weighted by atomic mass is 35.5. The van der Waals surface area contributed by atoms with Gasteiger partial charge in [-0.3, -0.25) is 9.10 Å². The topological polar surface area (TPSA) is 57.7 Å². The number of hydrogen-bond donors (Lipinski definition) is 0. The van der Waals surface area contributed by atoms with E-state index in [0.717, 1.165) is 28.2 Å². The van der Waals surface area contributed by atoms with Crippen molar-refractivity contribution in [2.75, 3.05) is 22.0 Å². The van der Waals surface area contributed by atoms with Crippen LogP contribution in [-0.4, -0.2) is 33.2 Å². The Hall–Kier alpha value is -1.76. The largest absolute Gasteiger partial charge is 0.307 e. The van der Waals surface area contributed by atoms with Gasteiger partial charge in [-0.2, -0.15) is 0 Å². The second kappa shape index (κ2) is 7.10. The van der Waals surface area contributed by atoms with Gasteiger partial charge < -0.3 is 4.90 Å². The van der Waals surface area contributed by atoms with E-state index in [0.29, 0.717) is 10.0 Å². The summed E-state index contributed by atoms with van der Waals surface area (Å²) in [5, 5.41) is 0.599. The second-order valence-electron chi connectivity index (χ2n) is 6.34. The van der Waals surface area contributed by atoms with E-state index in [1.807, 2.05) is 31.2 Å². The number of nitrogens with zero attached hydrogens (tertiary/aromatic N) is 2. The fraction of sp³-hybridized carbons (Fsp3) is 0.278. The average Bonchev–Trinajstić information content (AvgIpc) is 2.86. The molecule has 138 valence electrons. The van der Waals surface area contributed by atoms with Crippen LogP contribution >= 0.6 is 23.2 Å². The van der Waals surface area contributed by atoms with E-state index in [4.69, 9.17) is 23.2 Å². The standard InChI is InChI=1S/C18H18Cl2N2O3S/c1-12-7-13-5-3-4-6-17(13)22(12)18(23)11-21(26(2,24)25)16-9-14(19)8-15(20)10-16/h3-6,8-10,12H,7,11H2,1-2H3/t12-/m0/s1. The lowest BCUT2D eigenvalue weighted by Gasteiger charge is -2.28. The summed E-state index contributed by atoms with van der Waals surface area (Å²) < 4.78 is 25.6. The number of para-hydroxylation sites is 1. The number of fused-ring (bicyclic) bond motifs is 1. The van der Waals surface area contributed by atoms with Crippen LogP contribution in [0.4, 0.5) is 11.4 Å². The van der Waals surface area contributed by atoms with E-state index in [9.17, 15) is 13.2 Å². The zero-order chi connectivity index (χ0) is 19.1. The van der Waals surface area contributed by atoms with E-state index in [2.05, 4.69) is 0 Å². The third-order valence-electron chi connectivity index (χ3n) is 4.29. The molecule has 1 aliphatic rings. The van der Waals surface area contributed by atoms with Crippen molar-refractivity contribution in [2.45, 2.75) is 19.4 Å². The molecule has 0 spiro atoms. The monoisotopic (exact) mass is 412 g/mol. The average molecular weight is 413 g/mol. The lowest BCUT2D eigenvalue weighted by molar-refractivity contribution is -0.117. The smallest absolute Gasteiger partial charge is 0.248 e. The number of rotatable bonds is 4. The molecular formula is C18H18Cl2N2O3S. The molecule has 1 aliphatic heterocycles. The van der Waals surface area contributed by atoms with Gasteiger partial charge in [0.2, 0.25) is 15.9 Å². The van der Waals surface area contributed by atoms with Crippen molar-refractivity contribution < 1.29 is 13.2 Å². The summed E-state index contributed by atoms with van der Waals surface area (Å²) in [6.45, 7) is 1.62. The van der Waals surface area contributed by atoms with Gasteiger partial charge in [0.15, 0.2) is 0 Å².